The van der Waals surface area contributed by atoms with Crippen LogP contribution in [0.3, 0.4) is 0 Å². The van der Waals surface area contributed by atoms with Crippen molar-refractivity contribution in [1.29, 1.82) is 0 Å². The fraction of sp³-hybridized carbons (Fsp3) is 0.176. The molecular weight excluding hydrogens is 370 g/mol. The van der Waals surface area contributed by atoms with Crippen molar-refractivity contribution in [3.63, 3.8) is 0 Å². The Morgan fingerprint density at radius 3 is 2.40 bits per heavy atom. The van der Waals surface area contributed by atoms with Crippen molar-refractivity contribution in [3.8, 4) is 5.75 Å². The largest absolute Gasteiger partial charge is 0.495 e. The van der Waals surface area contributed by atoms with Crippen LogP contribution in [0.4, 0.5) is 15.8 Å². The van der Waals surface area contributed by atoms with E-state index in [2.05, 4.69) is 10.6 Å². The SMILES string of the molecule is COc1cc(Cl)c(C)cc1NC(=O)CC(=O)Nc1ccc(F)c(Cl)c1. The van der Waals surface area contributed by atoms with Gasteiger partial charge in [0.05, 0.1) is 17.8 Å². The second-order valence-electron chi connectivity index (χ2n) is 5.20. The molecule has 0 saturated heterocycles. The third-order valence-corrected chi connectivity index (χ3v) is 3.98. The van der Waals surface area contributed by atoms with Crippen LogP contribution in [-0.4, -0.2) is 18.9 Å². The van der Waals surface area contributed by atoms with Crippen LogP contribution < -0.4 is 15.4 Å². The van der Waals surface area contributed by atoms with Gasteiger partial charge in [0.25, 0.3) is 0 Å². The van der Waals surface area contributed by atoms with Crippen molar-refractivity contribution in [2.75, 3.05) is 17.7 Å². The lowest BCUT2D eigenvalue weighted by Crippen LogP contribution is -2.21. The second kappa shape index (κ2) is 8.18. The number of rotatable bonds is 5. The van der Waals surface area contributed by atoms with Gasteiger partial charge >= 0.3 is 0 Å². The number of benzene rings is 2. The maximum absolute atomic E-state index is 13.1. The van der Waals surface area contributed by atoms with Crippen molar-refractivity contribution in [1.82, 2.24) is 0 Å². The Kier molecular flexibility index (Phi) is 6.22. The molecule has 2 aromatic rings. The molecule has 2 N–H and O–H groups in total. The topological polar surface area (TPSA) is 67.4 Å². The van der Waals surface area contributed by atoms with Gasteiger partial charge in [-0.05, 0) is 36.8 Å². The molecule has 0 atom stereocenters. The molecule has 8 heteroatoms. The zero-order valence-electron chi connectivity index (χ0n) is 13.5. The molecule has 2 rings (SSSR count). The zero-order chi connectivity index (χ0) is 18.6. The number of carbonyl (C=O) groups is 2. The van der Waals surface area contributed by atoms with E-state index in [0.29, 0.717) is 22.1 Å². The first-order valence-electron chi connectivity index (χ1n) is 7.19. The second-order valence-corrected chi connectivity index (χ2v) is 6.02. The van der Waals surface area contributed by atoms with Crippen molar-refractivity contribution in [2.24, 2.45) is 0 Å². The quantitative estimate of drug-likeness (QED) is 0.749. The number of carbonyl (C=O) groups excluding carboxylic acids is 2. The van der Waals surface area contributed by atoms with E-state index in [1.165, 1.54) is 19.2 Å². The molecule has 2 amide bonds. The van der Waals surface area contributed by atoms with E-state index in [-0.39, 0.29) is 5.02 Å². The van der Waals surface area contributed by atoms with Gasteiger partial charge in [0.15, 0.2) is 0 Å². The van der Waals surface area contributed by atoms with Crippen molar-refractivity contribution >= 4 is 46.4 Å². The Hall–Kier alpha value is -2.31. The Labute approximate surface area is 154 Å². The molecule has 0 aliphatic heterocycles. The van der Waals surface area contributed by atoms with Gasteiger partial charge < -0.3 is 15.4 Å². The minimum atomic E-state index is -0.595. The summed E-state index contributed by atoms with van der Waals surface area (Å²) in [5.74, 6) is -1.31. The van der Waals surface area contributed by atoms with Crippen LogP contribution >= 0.6 is 23.2 Å². The van der Waals surface area contributed by atoms with E-state index >= 15 is 0 Å². The summed E-state index contributed by atoms with van der Waals surface area (Å²) in [7, 11) is 1.45. The zero-order valence-corrected chi connectivity index (χ0v) is 15.0. The van der Waals surface area contributed by atoms with Crippen LogP contribution in [0.5, 0.6) is 5.75 Å². The Morgan fingerprint density at radius 1 is 1.08 bits per heavy atom. The fourth-order valence-electron chi connectivity index (χ4n) is 2.05. The van der Waals surface area contributed by atoms with Gasteiger partial charge in [0, 0.05) is 16.8 Å². The average Bonchev–Trinajstić information content (AvgIpc) is 2.54. The first-order valence-corrected chi connectivity index (χ1v) is 7.94. The van der Waals surface area contributed by atoms with E-state index in [1.807, 2.05) is 0 Å². The monoisotopic (exact) mass is 384 g/mol. The van der Waals surface area contributed by atoms with E-state index < -0.39 is 24.1 Å². The molecular formula is C17H15Cl2FN2O3. The molecule has 0 heterocycles. The first kappa shape index (κ1) is 19.0. The van der Waals surface area contributed by atoms with Gasteiger partial charge in [-0.25, -0.2) is 4.39 Å². The molecule has 0 aliphatic carbocycles. The predicted octanol–water partition coefficient (Wildman–Crippen LogP) is 4.42. The highest BCUT2D eigenvalue weighted by Crippen LogP contribution is 2.31. The Bertz CT molecular complexity index is 828. The Balaban J connectivity index is 2.01. The van der Waals surface area contributed by atoms with Crippen LogP contribution in [0.1, 0.15) is 12.0 Å². The van der Waals surface area contributed by atoms with Gasteiger partial charge in [-0.2, -0.15) is 0 Å². The van der Waals surface area contributed by atoms with Crippen molar-refractivity contribution < 1.29 is 18.7 Å². The number of halogens is 3. The first-order chi connectivity index (χ1) is 11.8. The van der Waals surface area contributed by atoms with E-state index in [1.54, 1.807) is 19.1 Å². The lowest BCUT2D eigenvalue weighted by molar-refractivity contribution is -0.123. The van der Waals surface area contributed by atoms with E-state index in [0.717, 1.165) is 11.6 Å². The summed E-state index contributed by atoms with van der Waals surface area (Å²) in [4.78, 5) is 24.0. The third kappa shape index (κ3) is 5.08. The number of anilines is 2. The van der Waals surface area contributed by atoms with Gasteiger partial charge in [0.1, 0.15) is 18.0 Å². The molecule has 0 bridgehead atoms. The molecule has 2 aromatic carbocycles. The summed E-state index contributed by atoms with van der Waals surface area (Å²) in [6.45, 7) is 1.78. The van der Waals surface area contributed by atoms with Gasteiger partial charge in [0.2, 0.25) is 11.8 Å². The fourth-order valence-corrected chi connectivity index (χ4v) is 2.38. The highest BCUT2D eigenvalue weighted by molar-refractivity contribution is 6.31. The smallest absolute Gasteiger partial charge is 0.233 e. The van der Waals surface area contributed by atoms with Crippen LogP contribution in [0.15, 0.2) is 30.3 Å². The standard InChI is InChI=1S/C17H15Cl2FN2O3/c1-9-5-14(15(25-2)7-11(9)18)22-17(24)8-16(23)21-10-3-4-13(20)12(19)6-10/h3-7H,8H2,1-2H3,(H,21,23)(H,22,24). The molecule has 0 unspecified atom stereocenters. The van der Waals surface area contributed by atoms with Crippen LogP contribution in [-0.2, 0) is 9.59 Å². The molecule has 0 radical (unpaired) electrons. The molecule has 0 spiro atoms. The van der Waals surface area contributed by atoms with E-state index in [4.69, 9.17) is 27.9 Å². The molecule has 0 aromatic heterocycles. The predicted molar refractivity (Wildman–Crippen MR) is 96.0 cm³/mol. The van der Waals surface area contributed by atoms with Gasteiger partial charge in [-0.15, -0.1) is 0 Å². The number of hydrogen-bond donors (Lipinski definition) is 2. The number of amides is 2. The maximum atomic E-state index is 13.1. The third-order valence-electron chi connectivity index (χ3n) is 3.28. The van der Waals surface area contributed by atoms with Crippen LogP contribution in [0.25, 0.3) is 0 Å². The van der Waals surface area contributed by atoms with Crippen LogP contribution in [0.2, 0.25) is 10.0 Å². The lowest BCUT2D eigenvalue weighted by atomic mass is 10.2. The summed E-state index contributed by atoms with van der Waals surface area (Å²) >= 11 is 11.6. The van der Waals surface area contributed by atoms with Gasteiger partial charge in [-0.1, -0.05) is 23.2 Å². The van der Waals surface area contributed by atoms with Gasteiger partial charge in [-0.3, -0.25) is 9.59 Å². The molecule has 5 nitrogen and oxygen atoms in total. The lowest BCUT2D eigenvalue weighted by Gasteiger charge is -2.12. The number of ether oxygens (including phenoxy) is 1. The molecule has 132 valence electrons. The van der Waals surface area contributed by atoms with E-state index in [9.17, 15) is 14.0 Å². The minimum absolute atomic E-state index is 0.122. The van der Waals surface area contributed by atoms with Crippen molar-refractivity contribution in [2.45, 2.75) is 13.3 Å². The summed E-state index contributed by atoms with van der Waals surface area (Å²) in [6.07, 6.45) is -0.431. The number of methoxy groups -OCH3 is 1. The van der Waals surface area contributed by atoms with Crippen LogP contribution in [0, 0.1) is 12.7 Å². The highest BCUT2D eigenvalue weighted by atomic mass is 35.5. The minimum Gasteiger partial charge on any atom is -0.495 e. The number of nitrogens with one attached hydrogen (secondary N) is 2. The molecule has 0 aliphatic rings. The molecule has 25 heavy (non-hydrogen) atoms. The maximum Gasteiger partial charge on any atom is 0.233 e. The summed E-state index contributed by atoms with van der Waals surface area (Å²) in [5, 5.41) is 5.45. The Morgan fingerprint density at radius 2 is 1.76 bits per heavy atom. The number of hydrogen-bond acceptors (Lipinski definition) is 3. The summed E-state index contributed by atoms with van der Waals surface area (Å²) < 4.78 is 18.2. The molecule has 0 saturated carbocycles. The normalized spacial score (nSPS) is 10.3. The summed E-state index contributed by atoms with van der Waals surface area (Å²) in [6, 6.07) is 6.96. The highest BCUT2D eigenvalue weighted by Gasteiger charge is 2.14. The molecule has 0 fully saturated rings. The number of aryl methyl sites for hydroxylation is 1. The summed E-state index contributed by atoms with van der Waals surface area (Å²) in [5.41, 5.74) is 1.46. The van der Waals surface area contributed by atoms with Crippen molar-refractivity contribution in [3.05, 3.63) is 51.8 Å². The average molecular weight is 385 g/mol.